The van der Waals surface area contributed by atoms with Crippen molar-refractivity contribution in [2.45, 2.75) is 32.2 Å². The molecule has 2 aromatic rings. The minimum absolute atomic E-state index is 0.174. The first-order chi connectivity index (χ1) is 9.22. The zero-order valence-corrected chi connectivity index (χ0v) is 11.9. The maximum atomic E-state index is 12.3. The predicted octanol–water partition coefficient (Wildman–Crippen LogP) is 3.26. The van der Waals surface area contributed by atoms with Gasteiger partial charge in [-0.2, -0.15) is 0 Å². The molecular weight excluding hydrogens is 256 g/mol. The summed E-state index contributed by atoms with van der Waals surface area (Å²) in [6.45, 7) is 3.29. The zero-order chi connectivity index (χ0) is 13.2. The summed E-state index contributed by atoms with van der Waals surface area (Å²) in [5.41, 5.74) is 0.931. The third kappa shape index (κ3) is 2.85. The molecule has 1 aliphatic heterocycles. The lowest BCUT2D eigenvalue weighted by molar-refractivity contribution is 0.0958. The summed E-state index contributed by atoms with van der Waals surface area (Å²) in [4.78, 5) is 16.7. The Bertz CT molecular complexity index is 560. The SMILES string of the molecule is CC1CCNC(CC(=O)c2nc3ccccc3s2)C1. The summed E-state index contributed by atoms with van der Waals surface area (Å²) in [5, 5.41) is 4.09. The molecular formula is C15H18N2OS. The van der Waals surface area contributed by atoms with E-state index in [1.807, 2.05) is 24.3 Å². The van der Waals surface area contributed by atoms with Gasteiger partial charge in [-0.3, -0.25) is 4.79 Å². The van der Waals surface area contributed by atoms with Gasteiger partial charge in [0.05, 0.1) is 10.2 Å². The molecule has 0 amide bonds. The fraction of sp³-hybridized carbons (Fsp3) is 0.467. The average molecular weight is 274 g/mol. The Balaban J connectivity index is 1.72. The van der Waals surface area contributed by atoms with Crippen LogP contribution < -0.4 is 5.32 Å². The van der Waals surface area contributed by atoms with Gasteiger partial charge in [0, 0.05) is 12.5 Å². The van der Waals surface area contributed by atoms with E-state index in [2.05, 4.69) is 17.2 Å². The first-order valence-electron chi connectivity index (χ1n) is 6.84. The number of aromatic nitrogens is 1. The van der Waals surface area contributed by atoms with E-state index < -0.39 is 0 Å². The number of hydrogen-bond donors (Lipinski definition) is 1. The van der Waals surface area contributed by atoms with Crippen LogP contribution in [-0.4, -0.2) is 23.4 Å². The lowest BCUT2D eigenvalue weighted by Crippen LogP contribution is -2.38. The first-order valence-corrected chi connectivity index (χ1v) is 7.66. The highest BCUT2D eigenvalue weighted by Crippen LogP contribution is 2.24. The third-order valence-corrected chi connectivity index (χ3v) is 4.80. The van der Waals surface area contributed by atoms with Crippen molar-refractivity contribution >= 4 is 27.3 Å². The van der Waals surface area contributed by atoms with E-state index >= 15 is 0 Å². The van der Waals surface area contributed by atoms with Gasteiger partial charge in [-0.05, 0) is 37.4 Å². The van der Waals surface area contributed by atoms with Crippen LogP contribution in [0.2, 0.25) is 0 Å². The number of thiazole rings is 1. The average Bonchev–Trinajstić information content (AvgIpc) is 2.82. The number of carbonyl (C=O) groups is 1. The van der Waals surface area contributed by atoms with Crippen molar-refractivity contribution < 1.29 is 4.79 Å². The summed E-state index contributed by atoms with van der Waals surface area (Å²) >= 11 is 1.51. The third-order valence-electron chi connectivity index (χ3n) is 3.72. The molecule has 1 N–H and O–H groups in total. The standard InChI is InChI=1S/C15H18N2OS/c1-10-6-7-16-11(8-10)9-13(18)15-17-12-4-2-3-5-14(12)19-15/h2-5,10-11,16H,6-9H2,1H3. The number of fused-ring (bicyclic) bond motifs is 1. The van der Waals surface area contributed by atoms with Gasteiger partial charge in [-0.1, -0.05) is 19.1 Å². The number of ketones is 1. The fourth-order valence-electron chi connectivity index (χ4n) is 2.68. The van der Waals surface area contributed by atoms with Crippen LogP contribution in [0.1, 0.15) is 36.0 Å². The number of Topliss-reactive ketones (excluding diaryl/α,β-unsaturated/α-hetero) is 1. The van der Waals surface area contributed by atoms with E-state index in [0.717, 1.165) is 29.1 Å². The number of carbonyl (C=O) groups excluding carboxylic acids is 1. The number of benzene rings is 1. The Labute approximate surface area is 117 Å². The molecule has 3 nitrogen and oxygen atoms in total. The molecule has 19 heavy (non-hydrogen) atoms. The smallest absolute Gasteiger partial charge is 0.192 e. The van der Waals surface area contributed by atoms with Crippen LogP contribution >= 0.6 is 11.3 Å². The second-order valence-electron chi connectivity index (χ2n) is 5.39. The van der Waals surface area contributed by atoms with Gasteiger partial charge in [0.25, 0.3) is 0 Å². The molecule has 1 aromatic heterocycles. The minimum atomic E-state index is 0.174. The summed E-state index contributed by atoms with van der Waals surface area (Å²) in [5.74, 6) is 0.891. The Morgan fingerprint density at radius 3 is 3.11 bits per heavy atom. The van der Waals surface area contributed by atoms with Crippen molar-refractivity contribution in [1.29, 1.82) is 0 Å². The van der Waals surface area contributed by atoms with Gasteiger partial charge in [-0.25, -0.2) is 4.98 Å². The van der Waals surface area contributed by atoms with Crippen molar-refractivity contribution in [3.8, 4) is 0 Å². The number of rotatable bonds is 3. The molecule has 0 saturated carbocycles. The van der Waals surface area contributed by atoms with Crippen molar-refractivity contribution in [1.82, 2.24) is 10.3 Å². The molecule has 100 valence electrons. The van der Waals surface area contributed by atoms with Crippen LogP contribution in [0.3, 0.4) is 0 Å². The molecule has 2 heterocycles. The minimum Gasteiger partial charge on any atom is -0.314 e. The van der Waals surface area contributed by atoms with E-state index in [4.69, 9.17) is 0 Å². The fourth-order valence-corrected chi connectivity index (χ4v) is 3.59. The van der Waals surface area contributed by atoms with Gasteiger partial charge in [0.1, 0.15) is 0 Å². The highest BCUT2D eigenvalue weighted by atomic mass is 32.1. The van der Waals surface area contributed by atoms with Crippen molar-refractivity contribution in [2.75, 3.05) is 6.54 Å². The highest BCUT2D eigenvalue weighted by Gasteiger charge is 2.22. The Morgan fingerprint density at radius 1 is 1.47 bits per heavy atom. The molecule has 1 saturated heterocycles. The van der Waals surface area contributed by atoms with E-state index in [9.17, 15) is 4.79 Å². The normalized spacial score (nSPS) is 23.6. The lowest BCUT2D eigenvalue weighted by atomic mass is 9.92. The molecule has 0 bridgehead atoms. The summed E-state index contributed by atoms with van der Waals surface area (Å²) in [6.07, 6.45) is 2.88. The number of nitrogens with zero attached hydrogens (tertiary/aromatic N) is 1. The second-order valence-corrected chi connectivity index (χ2v) is 6.43. The maximum absolute atomic E-state index is 12.3. The molecule has 2 atom stereocenters. The van der Waals surface area contributed by atoms with Gasteiger partial charge in [-0.15, -0.1) is 11.3 Å². The number of para-hydroxylation sites is 1. The van der Waals surface area contributed by atoms with Crippen LogP contribution in [-0.2, 0) is 0 Å². The molecule has 0 aliphatic carbocycles. The summed E-state index contributed by atoms with van der Waals surface area (Å²) in [6, 6.07) is 8.25. The van der Waals surface area contributed by atoms with Crippen LogP contribution in [0.25, 0.3) is 10.2 Å². The van der Waals surface area contributed by atoms with Crippen LogP contribution in [0.5, 0.6) is 0 Å². The predicted molar refractivity (Wildman–Crippen MR) is 78.8 cm³/mol. The second kappa shape index (κ2) is 5.39. The zero-order valence-electron chi connectivity index (χ0n) is 11.1. The summed E-state index contributed by atoms with van der Waals surface area (Å²) in [7, 11) is 0. The number of nitrogens with one attached hydrogen (secondary N) is 1. The molecule has 1 aliphatic rings. The number of piperidine rings is 1. The lowest BCUT2D eigenvalue weighted by Gasteiger charge is -2.27. The van der Waals surface area contributed by atoms with Crippen LogP contribution in [0.15, 0.2) is 24.3 Å². The topological polar surface area (TPSA) is 42.0 Å². The van der Waals surface area contributed by atoms with Gasteiger partial charge in [0.15, 0.2) is 10.8 Å². The quantitative estimate of drug-likeness (QED) is 0.874. The largest absolute Gasteiger partial charge is 0.314 e. The maximum Gasteiger partial charge on any atom is 0.192 e. The Hall–Kier alpha value is -1.26. The molecule has 0 spiro atoms. The van der Waals surface area contributed by atoms with Crippen molar-refractivity contribution in [3.05, 3.63) is 29.3 Å². The Kier molecular flexibility index (Phi) is 3.62. The molecule has 4 heteroatoms. The molecule has 2 unspecified atom stereocenters. The van der Waals surface area contributed by atoms with Gasteiger partial charge >= 0.3 is 0 Å². The van der Waals surface area contributed by atoms with E-state index in [0.29, 0.717) is 17.5 Å². The van der Waals surface area contributed by atoms with Crippen molar-refractivity contribution in [3.63, 3.8) is 0 Å². The molecule has 3 rings (SSSR count). The first kappa shape index (κ1) is 12.8. The van der Waals surface area contributed by atoms with E-state index in [1.165, 1.54) is 17.8 Å². The number of hydrogen-bond acceptors (Lipinski definition) is 4. The molecule has 1 aromatic carbocycles. The molecule has 0 radical (unpaired) electrons. The van der Waals surface area contributed by atoms with Crippen molar-refractivity contribution in [2.24, 2.45) is 5.92 Å². The Morgan fingerprint density at radius 2 is 2.32 bits per heavy atom. The van der Waals surface area contributed by atoms with Gasteiger partial charge < -0.3 is 5.32 Å². The van der Waals surface area contributed by atoms with Gasteiger partial charge in [0.2, 0.25) is 0 Å². The van der Waals surface area contributed by atoms with Crippen LogP contribution in [0, 0.1) is 5.92 Å². The molecule has 1 fully saturated rings. The summed E-state index contributed by atoms with van der Waals surface area (Å²) < 4.78 is 1.09. The highest BCUT2D eigenvalue weighted by molar-refractivity contribution is 7.20. The van der Waals surface area contributed by atoms with Crippen LogP contribution in [0.4, 0.5) is 0 Å². The van der Waals surface area contributed by atoms with E-state index in [1.54, 1.807) is 0 Å². The van der Waals surface area contributed by atoms with E-state index in [-0.39, 0.29) is 5.78 Å². The monoisotopic (exact) mass is 274 g/mol.